The van der Waals surface area contributed by atoms with Crippen LogP contribution in [0.1, 0.15) is 0 Å². The molecule has 0 aliphatic heterocycles. The molecule has 0 spiro atoms. The molecule has 8 nitrogen and oxygen atoms in total. The van der Waals surface area contributed by atoms with Gasteiger partial charge in [0.05, 0.1) is 18.0 Å². The van der Waals surface area contributed by atoms with Crippen LogP contribution in [0.5, 0.6) is 5.75 Å². The number of carbonyl (C=O) groups excluding carboxylic acids is 1. The van der Waals surface area contributed by atoms with Crippen molar-refractivity contribution in [3.63, 3.8) is 0 Å². The number of ether oxygens (including phenoxy) is 1. The molecule has 0 fully saturated rings. The van der Waals surface area contributed by atoms with Crippen molar-refractivity contribution >= 4 is 17.7 Å². The summed E-state index contributed by atoms with van der Waals surface area (Å²) in [5.74, 6) is 0.262. The molecule has 0 aliphatic rings. The van der Waals surface area contributed by atoms with Crippen LogP contribution in [0.3, 0.4) is 0 Å². The van der Waals surface area contributed by atoms with Crippen LogP contribution in [0.25, 0.3) is 5.69 Å². The van der Waals surface area contributed by atoms with Gasteiger partial charge in [0.25, 0.3) is 0 Å². The number of rotatable bonds is 7. The van der Waals surface area contributed by atoms with Crippen molar-refractivity contribution in [2.45, 2.75) is 5.16 Å². The minimum Gasteiger partial charge on any atom is -0.508 e. The number of thioether (sulfide) groups is 1. The monoisotopic (exact) mass is 309 g/mol. The predicted octanol–water partition coefficient (Wildman–Crippen LogP) is 0.223. The number of phenolic OH excluding ortho intramolecular Hbond substituents is 1. The minimum atomic E-state index is -0.114. The Morgan fingerprint density at radius 2 is 2.19 bits per heavy atom. The summed E-state index contributed by atoms with van der Waals surface area (Å²) in [6.07, 6.45) is 0. The molecule has 1 aromatic carbocycles. The highest BCUT2D eigenvalue weighted by Crippen LogP contribution is 2.19. The third kappa shape index (κ3) is 4.43. The van der Waals surface area contributed by atoms with Gasteiger partial charge in [0.15, 0.2) is 0 Å². The van der Waals surface area contributed by atoms with E-state index in [9.17, 15) is 9.90 Å². The third-order valence-corrected chi connectivity index (χ3v) is 3.42. The van der Waals surface area contributed by atoms with Crippen LogP contribution in [-0.4, -0.2) is 57.2 Å². The molecule has 2 N–H and O–H groups in total. The number of nitrogens with one attached hydrogen (secondary N) is 1. The Balaban J connectivity index is 1.94. The summed E-state index contributed by atoms with van der Waals surface area (Å²) in [6, 6.07) is 6.47. The van der Waals surface area contributed by atoms with Gasteiger partial charge in [-0.25, -0.2) is 0 Å². The summed E-state index contributed by atoms with van der Waals surface area (Å²) >= 11 is 1.23. The summed E-state index contributed by atoms with van der Waals surface area (Å²) in [5, 5.41) is 23.8. The SMILES string of the molecule is COCCNC(=O)CSc1nnnn1-c1ccc(O)cc1. The zero-order valence-corrected chi connectivity index (χ0v) is 12.2. The van der Waals surface area contributed by atoms with Gasteiger partial charge in [-0.15, -0.1) is 5.10 Å². The number of carbonyl (C=O) groups is 1. The molecule has 0 atom stereocenters. The Kier molecular flexibility index (Phi) is 5.52. The number of amides is 1. The number of hydrogen-bond donors (Lipinski definition) is 2. The molecule has 0 bridgehead atoms. The summed E-state index contributed by atoms with van der Waals surface area (Å²) in [7, 11) is 1.58. The lowest BCUT2D eigenvalue weighted by Gasteiger charge is -2.05. The maximum Gasteiger partial charge on any atom is 0.230 e. The Morgan fingerprint density at radius 3 is 2.90 bits per heavy atom. The van der Waals surface area contributed by atoms with E-state index < -0.39 is 0 Å². The molecule has 0 radical (unpaired) electrons. The van der Waals surface area contributed by atoms with Gasteiger partial charge >= 0.3 is 0 Å². The second-order valence-electron chi connectivity index (χ2n) is 4.02. The molecular formula is C12H15N5O3S. The molecule has 0 saturated heterocycles. The van der Waals surface area contributed by atoms with E-state index in [0.29, 0.717) is 24.0 Å². The van der Waals surface area contributed by atoms with Gasteiger partial charge < -0.3 is 15.2 Å². The summed E-state index contributed by atoms with van der Waals surface area (Å²) < 4.78 is 6.36. The van der Waals surface area contributed by atoms with Crippen molar-refractivity contribution in [1.29, 1.82) is 0 Å². The number of nitrogens with zero attached hydrogens (tertiary/aromatic N) is 4. The molecule has 0 unspecified atom stereocenters. The lowest BCUT2D eigenvalue weighted by Crippen LogP contribution is -2.28. The fraction of sp³-hybridized carbons (Fsp3) is 0.333. The van der Waals surface area contributed by atoms with Crippen molar-refractivity contribution in [3.05, 3.63) is 24.3 Å². The normalized spacial score (nSPS) is 10.5. The molecule has 1 heterocycles. The summed E-state index contributed by atoms with van der Waals surface area (Å²) in [5.41, 5.74) is 0.708. The highest BCUT2D eigenvalue weighted by Gasteiger charge is 2.11. The van der Waals surface area contributed by atoms with Gasteiger partial charge in [-0.1, -0.05) is 11.8 Å². The number of aromatic hydroxyl groups is 1. The van der Waals surface area contributed by atoms with Gasteiger partial charge in [-0.2, -0.15) is 4.68 Å². The first-order valence-electron chi connectivity index (χ1n) is 6.17. The molecule has 1 aromatic heterocycles. The van der Waals surface area contributed by atoms with Gasteiger partial charge in [0.1, 0.15) is 5.75 Å². The number of phenols is 1. The molecule has 0 aliphatic carbocycles. The van der Waals surface area contributed by atoms with Crippen LogP contribution in [0.4, 0.5) is 0 Å². The molecule has 0 saturated carbocycles. The van der Waals surface area contributed by atoms with E-state index in [1.54, 1.807) is 31.4 Å². The second kappa shape index (κ2) is 7.60. The Hall–Kier alpha value is -2.13. The average molecular weight is 309 g/mol. The summed E-state index contributed by atoms with van der Waals surface area (Å²) in [4.78, 5) is 11.6. The van der Waals surface area contributed by atoms with E-state index >= 15 is 0 Å². The largest absolute Gasteiger partial charge is 0.508 e. The molecule has 112 valence electrons. The van der Waals surface area contributed by atoms with Gasteiger partial charge in [0.2, 0.25) is 11.1 Å². The van der Waals surface area contributed by atoms with Gasteiger partial charge in [-0.05, 0) is 34.7 Å². The van der Waals surface area contributed by atoms with Crippen LogP contribution in [0.15, 0.2) is 29.4 Å². The van der Waals surface area contributed by atoms with Crippen LogP contribution in [-0.2, 0) is 9.53 Å². The first kappa shape index (κ1) is 15.3. The number of tetrazole rings is 1. The second-order valence-corrected chi connectivity index (χ2v) is 4.96. The fourth-order valence-corrected chi connectivity index (χ4v) is 2.22. The zero-order valence-electron chi connectivity index (χ0n) is 11.4. The molecule has 2 aromatic rings. The minimum absolute atomic E-state index is 0.114. The fourth-order valence-electron chi connectivity index (χ4n) is 1.50. The van der Waals surface area contributed by atoms with Gasteiger partial charge in [-0.3, -0.25) is 4.79 Å². The molecular weight excluding hydrogens is 294 g/mol. The average Bonchev–Trinajstić information content (AvgIpc) is 2.95. The number of aromatic nitrogens is 4. The number of benzene rings is 1. The number of methoxy groups -OCH3 is 1. The first-order valence-corrected chi connectivity index (χ1v) is 7.15. The molecule has 1 amide bonds. The van der Waals surface area contributed by atoms with E-state index in [2.05, 4.69) is 20.8 Å². The van der Waals surface area contributed by atoms with E-state index in [-0.39, 0.29) is 17.4 Å². The highest BCUT2D eigenvalue weighted by molar-refractivity contribution is 7.99. The van der Waals surface area contributed by atoms with Crippen molar-refractivity contribution in [2.75, 3.05) is 26.0 Å². The smallest absolute Gasteiger partial charge is 0.230 e. The van der Waals surface area contributed by atoms with Crippen LogP contribution < -0.4 is 5.32 Å². The Morgan fingerprint density at radius 1 is 1.43 bits per heavy atom. The van der Waals surface area contributed by atoms with Crippen LogP contribution in [0.2, 0.25) is 0 Å². The molecule has 2 rings (SSSR count). The van der Waals surface area contributed by atoms with Crippen molar-refractivity contribution in [1.82, 2.24) is 25.5 Å². The van der Waals surface area contributed by atoms with Gasteiger partial charge in [0, 0.05) is 13.7 Å². The summed E-state index contributed by atoms with van der Waals surface area (Å²) in [6.45, 7) is 0.945. The lowest BCUT2D eigenvalue weighted by molar-refractivity contribution is -0.118. The highest BCUT2D eigenvalue weighted by atomic mass is 32.2. The standard InChI is InChI=1S/C12H15N5O3S/c1-20-7-6-13-11(19)8-21-12-14-15-16-17(12)9-2-4-10(18)5-3-9/h2-5,18H,6-8H2,1H3,(H,13,19). The molecule has 21 heavy (non-hydrogen) atoms. The van der Waals surface area contributed by atoms with E-state index in [4.69, 9.17) is 4.74 Å². The maximum absolute atomic E-state index is 11.6. The topological polar surface area (TPSA) is 102 Å². The van der Waals surface area contributed by atoms with Crippen LogP contribution in [0, 0.1) is 0 Å². The van der Waals surface area contributed by atoms with Crippen molar-refractivity contribution < 1.29 is 14.6 Å². The van der Waals surface area contributed by atoms with Crippen LogP contribution >= 0.6 is 11.8 Å². The quantitative estimate of drug-likeness (QED) is 0.557. The Labute approximate surface area is 125 Å². The van der Waals surface area contributed by atoms with Crippen molar-refractivity contribution in [3.8, 4) is 11.4 Å². The predicted molar refractivity (Wildman–Crippen MR) is 76.4 cm³/mol. The maximum atomic E-state index is 11.6. The lowest BCUT2D eigenvalue weighted by atomic mass is 10.3. The van der Waals surface area contributed by atoms with E-state index in [1.165, 1.54) is 16.4 Å². The number of hydrogen-bond acceptors (Lipinski definition) is 7. The third-order valence-electron chi connectivity index (χ3n) is 2.50. The van der Waals surface area contributed by atoms with Crippen molar-refractivity contribution in [2.24, 2.45) is 0 Å². The molecule has 9 heteroatoms. The zero-order chi connectivity index (χ0) is 15.1. The Bertz CT molecular complexity index is 587. The van der Waals surface area contributed by atoms with E-state index in [0.717, 1.165) is 0 Å². The van der Waals surface area contributed by atoms with E-state index in [1.807, 2.05) is 0 Å². The first-order chi connectivity index (χ1) is 10.2.